The van der Waals surface area contributed by atoms with E-state index in [1.165, 1.54) is 5.56 Å². The number of carbonyl (C=O) groups excluding carboxylic acids is 1. The van der Waals surface area contributed by atoms with Crippen LogP contribution < -0.4 is 0 Å². The number of carbonyl (C=O) groups is 1. The third-order valence-corrected chi connectivity index (χ3v) is 4.92. The van der Waals surface area contributed by atoms with E-state index in [1.807, 2.05) is 19.1 Å². The van der Waals surface area contributed by atoms with Gasteiger partial charge in [0.2, 0.25) is 0 Å². The maximum Gasteiger partial charge on any atom is 0.178 e. The van der Waals surface area contributed by atoms with Gasteiger partial charge in [-0.2, -0.15) is 0 Å². The molecule has 1 saturated heterocycles. The molecule has 134 valence electrons. The van der Waals surface area contributed by atoms with Crippen molar-refractivity contribution in [3.05, 3.63) is 58.9 Å². The molecule has 1 aliphatic heterocycles. The van der Waals surface area contributed by atoms with E-state index in [2.05, 4.69) is 54.5 Å². The highest BCUT2D eigenvalue weighted by Crippen LogP contribution is 2.19. The second-order valence-electron chi connectivity index (χ2n) is 7.23. The molecule has 0 amide bonds. The lowest BCUT2D eigenvalue weighted by Gasteiger charge is -2.34. The van der Waals surface area contributed by atoms with E-state index in [4.69, 9.17) is 4.74 Å². The molecule has 4 nitrogen and oxygen atoms in total. The lowest BCUT2D eigenvalue weighted by Crippen LogP contribution is -2.47. The smallest absolute Gasteiger partial charge is 0.178 e. The molecular weight excluding hydrogens is 312 g/mol. The summed E-state index contributed by atoms with van der Waals surface area (Å²) in [6, 6.07) is 12.4. The van der Waals surface area contributed by atoms with Gasteiger partial charge in [-0.15, -0.1) is 0 Å². The van der Waals surface area contributed by atoms with Gasteiger partial charge in [-0.25, -0.2) is 0 Å². The highest BCUT2D eigenvalue weighted by molar-refractivity contribution is 5.99. The summed E-state index contributed by atoms with van der Waals surface area (Å²) in [4.78, 5) is 15.1. The molecule has 2 heterocycles. The van der Waals surface area contributed by atoms with Crippen molar-refractivity contribution in [3.63, 3.8) is 0 Å². The summed E-state index contributed by atoms with van der Waals surface area (Å²) in [7, 11) is 0. The van der Waals surface area contributed by atoms with E-state index in [0.717, 1.165) is 36.6 Å². The fourth-order valence-electron chi connectivity index (χ4n) is 3.79. The molecule has 4 heteroatoms. The summed E-state index contributed by atoms with van der Waals surface area (Å²) in [6.07, 6.45) is 0.365. The Balaban J connectivity index is 1.74. The first kappa shape index (κ1) is 17.9. The van der Waals surface area contributed by atoms with Gasteiger partial charge in [-0.1, -0.05) is 30.3 Å². The molecule has 0 radical (unpaired) electrons. The summed E-state index contributed by atoms with van der Waals surface area (Å²) in [5.41, 5.74) is 4.29. The van der Waals surface area contributed by atoms with Gasteiger partial charge >= 0.3 is 0 Å². The van der Waals surface area contributed by atoms with Crippen LogP contribution in [0.5, 0.6) is 0 Å². The Morgan fingerprint density at radius 3 is 2.40 bits per heavy atom. The summed E-state index contributed by atoms with van der Waals surface area (Å²) >= 11 is 0. The molecule has 1 aromatic carbocycles. The molecule has 2 aromatic rings. The van der Waals surface area contributed by atoms with Gasteiger partial charge in [0.1, 0.15) is 0 Å². The Bertz CT molecular complexity index is 726. The fraction of sp³-hybridized carbons (Fsp3) is 0.476. The first-order valence-electron chi connectivity index (χ1n) is 9.05. The maximum absolute atomic E-state index is 12.9. The highest BCUT2D eigenvalue weighted by atomic mass is 16.5. The molecule has 0 unspecified atom stereocenters. The second-order valence-corrected chi connectivity index (χ2v) is 7.23. The molecule has 0 saturated carbocycles. The first-order valence-corrected chi connectivity index (χ1v) is 9.05. The van der Waals surface area contributed by atoms with Gasteiger partial charge in [-0.3, -0.25) is 9.69 Å². The summed E-state index contributed by atoms with van der Waals surface area (Å²) in [6.45, 7) is 11.2. The van der Waals surface area contributed by atoms with E-state index >= 15 is 0 Å². The number of morpholine rings is 1. The van der Waals surface area contributed by atoms with E-state index in [0.29, 0.717) is 6.54 Å². The number of ether oxygens (including phenoxy) is 1. The van der Waals surface area contributed by atoms with Crippen molar-refractivity contribution in [2.24, 2.45) is 0 Å². The number of hydrogen-bond donors (Lipinski definition) is 0. The number of rotatable bonds is 5. The highest BCUT2D eigenvalue weighted by Gasteiger charge is 2.25. The summed E-state index contributed by atoms with van der Waals surface area (Å²) < 4.78 is 7.99. The van der Waals surface area contributed by atoms with Crippen molar-refractivity contribution in [2.75, 3.05) is 19.6 Å². The number of hydrogen-bond acceptors (Lipinski definition) is 3. The monoisotopic (exact) mass is 340 g/mol. The van der Waals surface area contributed by atoms with Crippen LogP contribution in [-0.2, 0) is 11.3 Å². The van der Waals surface area contributed by atoms with Crippen LogP contribution in [0.1, 0.15) is 41.2 Å². The van der Waals surface area contributed by atoms with Gasteiger partial charge in [0, 0.05) is 36.6 Å². The average molecular weight is 340 g/mol. The molecule has 25 heavy (non-hydrogen) atoms. The molecule has 1 fully saturated rings. The van der Waals surface area contributed by atoms with Crippen molar-refractivity contribution >= 4 is 5.78 Å². The van der Waals surface area contributed by atoms with E-state index in [-0.39, 0.29) is 18.0 Å². The molecule has 0 spiro atoms. The fourth-order valence-corrected chi connectivity index (χ4v) is 3.79. The van der Waals surface area contributed by atoms with Gasteiger partial charge in [0.15, 0.2) is 5.78 Å². The Hall–Kier alpha value is -1.91. The van der Waals surface area contributed by atoms with Crippen LogP contribution in [0.2, 0.25) is 0 Å². The van der Waals surface area contributed by atoms with E-state index in [1.54, 1.807) is 0 Å². The molecule has 0 bridgehead atoms. The topological polar surface area (TPSA) is 34.5 Å². The maximum atomic E-state index is 12.9. The predicted octanol–water partition coefficient (Wildman–Crippen LogP) is 3.45. The van der Waals surface area contributed by atoms with Gasteiger partial charge in [-0.05, 0) is 39.3 Å². The third kappa shape index (κ3) is 4.20. The lowest BCUT2D eigenvalue weighted by molar-refractivity contribution is -0.0652. The number of benzene rings is 1. The first-order chi connectivity index (χ1) is 11.9. The zero-order chi connectivity index (χ0) is 18.0. The van der Waals surface area contributed by atoms with E-state index < -0.39 is 0 Å². The minimum absolute atomic E-state index is 0.182. The van der Waals surface area contributed by atoms with Crippen molar-refractivity contribution in [1.29, 1.82) is 0 Å². The number of aromatic nitrogens is 1. The quantitative estimate of drug-likeness (QED) is 0.782. The van der Waals surface area contributed by atoms with Crippen LogP contribution in [0.15, 0.2) is 36.4 Å². The molecule has 0 N–H and O–H groups in total. The number of Topliss-reactive ketones (excluding diaryl/α,β-unsaturated/α-hetero) is 1. The minimum atomic E-state index is 0.182. The van der Waals surface area contributed by atoms with Crippen molar-refractivity contribution in [1.82, 2.24) is 9.47 Å². The number of aryl methyl sites for hydroxylation is 1. The molecule has 3 rings (SSSR count). The summed E-state index contributed by atoms with van der Waals surface area (Å²) in [5, 5.41) is 0. The number of nitrogens with zero attached hydrogens (tertiary/aromatic N) is 2. The average Bonchev–Trinajstić information content (AvgIpc) is 2.83. The molecule has 1 aromatic heterocycles. The van der Waals surface area contributed by atoms with Gasteiger partial charge < -0.3 is 9.30 Å². The lowest BCUT2D eigenvalue weighted by atomic mass is 10.1. The van der Waals surface area contributed by atoms with Crippen molar-refractivity contribution in [2.45, 2.75) is 46.4 Å². The Kier molecular flexibility index (Phi) is 5.40. The molecule has 2 atom stereocenters. The molecule has 0 aliphatic carbocycles. The standard InChI is InChI=1S/C21H28N2O2/c1-15-10-20(18(4)23(15)13-19-8-6-5-7-9-19)21(24)14-22-11-16(2)25-17(3)12-22/h5-10,16-17H,11-14H2,1-4H3/t16-,17+. The largest absolute Gasteiger partial charge is 0.373 e. The van der Waals surface area contributed by atoms with Gasteiger partial charge in [0.05, 0.1) is 18.8 Å². The Morgan fingerprint density at radius 1 is 1.12 bits per heavy atom. The van der Waals surface area contributed by atoms with Crippen LogP contribution >= 0.6 is 0 Å². The van der Waals surface area contributed by atoms with Crippen molar-refractivity contribution in [3.8, 4) is 0 Å². The SMILES string of the molecule is Cc1cc(C(=O)CN2C[C@@H](C)O[C@@H](C)C2)c(C)n1Cc1ccccc1. The number of ketones is 1. The van der Waals surface area contributed by atoms with Gasteiger partial charge in [0.25, 0.3) is 0 Å². The molecular formula is C21H28N2O2. The van der Waals surface area contributed by atoms with Crippen LogP contribution in [-0.4, -0.2) is 47.1 Å². The zero-order valence-electron chi connectivity index (χ0n) is 15.7. The van der Waals surface area contributed by atoms with Crippen LogP contribution in [0.25, 0.3) is 0 Å². The van der Waals surface area contributed by atoms with Crippen LogP contribution in [0.4, 0.5) is 0 Å². The Morgan fingerprint density at radius 2 is 1.76 bits per heavy atom. The minimum Gasteiger partial charge on any atom is -0.373 e. The molecule has 1 aliphatic rings. The van der Waals surface area contributed by atoms with Crippen LogP contribution in [0.3, 0.4) is 0 Å². The predicted molar refractivity (Wildman–Crippen MR) is 100 cm³/mol. The third-order valence-electron chi connectivity index (χ3n) is 4.92. The normalized spacial score (nSPS) is 21.4. The second kappa shape index (κ2) is 7.54. The summed E-state index contributed by atoms with van der Waals surface area (Å²) in [5.74, 6) is 0.203. The van der Waals surface area contributed by atoms with Crippen LogP contribution in [0, 0.1) is 13.8 Å². The Labute approximate surface area is 150 Å². The van der Waals surface area contributed by atoms with Crippen molar-refractivity contribution < 1.29 is 9.53 Å². The van der Waals surface area contributed by atoms with E-state index in [9.17, 15) is 4.79 Å². The zero-order valence-corrected chi connectivity index (χ0v) is 15.7.